The lowest BCUT2D eigenvalue weighted by Gasteiger charge is -2.16. The highest BCUT2D eigenvalue weighted by Crippen LogP contribution is 1.92. The number of carboxylic acids is 1. The highest BCUT2D eigenvalue weighted by Gasteiger charge is 2.24. The number of hydrogen-bond acceptors (Lipinski definition) is 4. The van der Waals surface area contributed by atoms with Crippen LogP contribution in [0.3, 0.4) is 0 Å². The van der Waals surface area contributed by atoms with Gasteiger partial charge in [-0.1, -0.05) is 0 Å². The van der Waals surface area contributed by atoms with Gasteiger partial charge in [0.1, 0.15) is 0 Å². The van der Waals surface area contributed by atoms with Gasteiger partial charge in [0.05, 0.1) is 12.6 Å². The molecular formula is C8H14N2O5. The Morgan fingerprint density at radius 2 is 1.87 bits per heavy atom. The molecule has 0 saturated carbocycles. The van der Waals surface area contributed by atoms with Crippen molar-refractivity contribution < 1.29 is 24.6 Å². The minimum atomic E-state index is -1.37. The second-order valence-electron chi connectivity index (χ2n) is 3.03. The first-order valence-electron chi connectivity index (χ1n) is 4.29. The number of aliphatic carboxylic acids is 1. The van der Waals surface area contributed by atoms with Gasteiger partial charge in [0.25, 0.3) is 0 Å². The fraction of sp³-hybridized carbons (Fsp3) is 0.625. The molecular weight excluding hydrogens is 204 g/mol. The molecule has 2 amide bonds. The number of rotatable bonds is 5. The summed E-state index contributed by atoms with van der Waals surface area (Å²) in [5, 5.41) is 21.9. The maximum Gasteiger partial charge on any atom is 0.328 e. The first kappa shape index (κ1) is 13.4. The van der Waals surface area contributed by atoms with Crippen molar-refractivity contribution in [1.82, 2.24) is 10.6 Å². The van der Waals surface area contributed by atoms with Crippen LogP contribution in [-0.4, -0.2) is 46.7 Å². The van der Waals surface area contributed by atoms with Gasteiger partial charge in [-0.25, -0.2) is 4.79 Å². The van der Waals surface area contributed by atoms with Crippen molar-refractivity contribution in [2.45, 2.75) is 26.0 Å². The van der Waals surface area contributed by atoms with Crippen molar-refractivity contribution in [3.05, 3.63) is 0 Å². The Morgan fingerprint density at radius 1 is 1.33 bits per heavy atom. The van der Waals surface area contributed by atoms with E-state index < -0.39 is 29.9 Å². The van der Waals surface area contributed by atoms with Gasteiger partial charge in [-0.2, -0.15) is 0 Å². The molecule has 0 aromatic rings. The number of carboxylic acid groups (broad SMARTS) is 1. The summed E-state index contributed by atoms with van der Waals surface area (Å²) in [6.07, 6.45) is -1.20. The maximum absolute atomic E-state index is 11.1. The zero-order valence-electron chi connectivity index (χ0n) is 8.48. The van der Waals surface area contributed by atoms with Crippen molar-refractivity contribution in [1.29, 1.82) is 0 Å². The van der Waals surface area contributed by atoms with Crippen LogP contribution in [0.15, 0.2) is 0 Å². The molecule has 7 nitrogen and oxygen atoms in total. The third kappa shape index (κ3) is 5.63. The zero-order valence-corrected chi connectivity index (χ0v) is 8.48. The van der Waals surface area contributed by atoms with Gasteiger partial charge in [-0.05, 0) is 6.92 Å². The predicted molar refractivity (Wildman–Crippen MR) is 49.9 cm³/mol. The van der Waals surface area contributed by atoms with Gasteiger partial charge in [0, 0.05) is 6.92 Å². The molecule has 0 aromatic carbocycles. The van der Waals surface area contributed by atoms with Crippen molar-refractivity contribution in [3.8, 4) is 0 Å². The molecule has 0 aliphatic heterocycles. The number of carbonyl (C=O) groups is 3. The van der Waals surface area contributed by atoms with Crippen LogP contribution in [0.25, 0.3) is 0 Å². The monoisotopic (exact) mass is 218 g/mol. The highest BCUT2D eigenvalue weighted by atomic mass is 16.4. The molecule has 4 N–H and O–H groups in total. The molecule has 0 aliphatic carbocycles. The van der Waals surface area contributed by atoms with E-state index in [4.69, 9.17) is 10.2 Å². The van der Waals surface area contributed by atoms with Crippen LogP contribution in [0.1, 0.15) is 13.8 Å². The van der Waals surface area contributed by atoms with Crippen LogP contribution in [-0.2, 0) is 14.4 Å². The summed E-state index contributed by atoms with van der Waals surface area (Å²) >= 11 is 0. The summed E-state index contributed by atoms with van der Waals surface area (Å²) in [5.41, 5.74) is 0. The number of amides is 2. The van der Waals surface area contributed by atoms with E-state index in [-0.39, 0.29) is 6.54 Å². The van der Waals surface area contributed by atoms with Crippen molar-refractivity contribution >= 4 is 17.8 Å². The van der Waals surface area contributed by atoms with Crippen LogP contribution >= 0.6 is 0 Å². The van der Waals surface area contributed by atoms with Crippen molar-refractivity contribution in [2.24, 2.45) is 0 Å². The Hall–Kier alpha value is -1.63. The smallest absolute Gasteiger partial charge is 0.328 e. The number of aliphatic hydroxyl groups is 1. The number of nitrogens with one attached hydrogen (secondary N) is 2. The zero-order chi connectivity index (χ0) is 12.0. The average molecular weight is 218 g/mol. The van der Waals surface area contributed by atoms with Gasteiger partial charge >= 0.3 is 5.97 Å². The normalized spacial score (nSPS) is 13.8. The molecule has 0 unspecified atom stereocenters. The largest absolute Gasteiger partial charge is 0.480 e. The quantitative estimate of drug-likeness (QED) is 0.429. The summed E-state index contributed by atoms with van der Waals surface area (Å²) in [6.45, 7) is 2.17. The second-order valence-corrected chi connectivity index (χ2v) is 3.03. The molecule has 15 heavy (non-hydrogen) atoms. The Labute approximate surface area is 86.5 Å². The highest BCUT2D eigenvalue weighted by molar-refractivity contribution is 5.87. The topological polar surface area (TPSA) is 116 Å². The Balaban J connectivity index is 4.12. The molecule has 0 aromatic heterocycles. The lowest BCUT2D eigenvalue weighted by molar-refractivity contribution is -0.144. The minimum Gasteiger partial charge on any atom is -0.480 e. The first-order valence-corrected chi connectivity index (χ1v) is 4.29. The molecule has 86 valence electrons. The molecule has 0 fully saturated rings. The third-order valence-electron chi connectivity index (χ3n) is 1.56. The Morgan fingerprint density at radius 3 is 2.20 bits per heavy atom. The molecule has 0 rings (SSSR count). The molecule has 0 aliphatic rings. The van der Waals surface area contributed by atoms with E-state index in [2.05, 4.69) is 10.6 Å². The summed E-state index contributed by atoms with van der Waals surface area (Å²) in [5.74, 6) is -2.39. The molecule has 0 bridgehead atoms. The average Bonchev–Trinajstić information content (AvgIpc) is 2.09. The summed E-state index contributed by atoms with van der Waals surface area (Å²) in [6, 6.07) is -1.37. The van der Waals surface area contributed by atoms with Crippen LogP contribution in [0.4, 0.5) is 0 Å². The maximum atomic E-state index is 11.1. The number of aliphatic hydroxyl groups excluding tert-OH is 1. The van der Waals surface area contributed by atoms with Crippen molar-refractivity contribution in [3.63, 3.8) is 0 Å². The lowest BCUT2D eigenvalue weighted by Crippen LogP contribution is -2.50. The standard InChI is InChI=1S/C8H14N2O5/c1-4(11)7(8(14)15)10-6(13)3-9-5(2)12/h4,7,11H,3H2,1-2H3,(H,9,12)(H,10,13)(H,14,15)/t4-,7+/m0/s1. The van der Waals surface area contributed by atoms with Gasteiger partial charge in [0.2, 0.25) is 11.8 Å². The lowest BCUT2D eigenvalue weighted by atomic mass is 10.2. The van der Waals surface area contributed by atoms with Crippen LogP contribution < -0.4 is 10.6 Å². The van der Waals surface area contributed by atoms with E-state index in [1.807, 2.05) is 0 Å². The van der Waals surface area contributed by atoms with Crippen LogP contribution in [0, 0.1) is 0 Å². The van der Waals surface area contributed by atoms with E-state index in [0.29, 0.717) is 0 Å². The minimum absolute atomic E-state index is 0.314. The van der Waals surface area contributed by atoms with E-state index in [9.17, 15) is 14.4 Å². The van der Waals surface area contributed by atoms with Gasteiger partial charge < -0.3 is 20.8 Å². The fourth-order valence-corrected chi connectivity index (χ4v) is 0.818. The van der Waals surface area contributed by atoms with Gasteiger partial charge in [-0.3, -0.25) is 9.59 Å². The predicted octanol–water partition coefficient (Wildman–Crippen LogP) is -1.93. The fourth-order valence-electron chi connectivity index (χ4n) is 0.818. The molecule has 2 atom stereocenters. The van der Waals surface area contributed by atoms with Gasteiger partial charge in [0.15, 0.2) is 6.04 Å². The molecule has 7 heteroatoms. The van der Waals surface area contributed by atoms with Crippen LogP contribution in [0.2, 0.25) is 0 Å². The molecule has 0 saturated heterocycles. The SMILES string of the molecule is CC(=O)NCC(=O)N[C@@H](C(=O)O)[C@H](C)O. The second kappa shape index (κ2) is 5.97. The molecule has 0 spiro atoms. The third-order valence-corrected chi connectivity index (χ3v) is 1.56. The first-order chi connectivity index (χ1) is 6.84. The summed E-state index contributed by atoms with van der Waals surface area (Å²) < 4.78 is 0. The number of carbonyl (C=O) groups excluding carboxylic acids is 2. The summed E-state index contributed by atoms with van der Waals surface area (Å²) in [4.78, 5) is 32.1. The molecule has 0 heterocycles. The van der Waals surface area contributed by atoms with E-state index in [0.717, 1.165) is 0 Å². The van der Waals surface area contributed by atoms with E-state index in [1.165, 1.54) is 13.8 Å². The van der Waals surface area contributed by atoms with E-state index >= 15 is 0 Å². The van der Waals surface area contributed by atoms with Crippen LogP contribution in [0.5, 0.6) is 0 Å². The Bertz CT molecular complexity index is 264. The summed E-state index contributed by atoms with van der Waals surface area (Å²) in [7, 11) is 0. The number of hydrogen-bond donors (Lipinski definition) is 4. The van der Waals surface area contributed by atoms with Crippen molar-refractivity contribution in [2.75, 3.05) is 6.54 Å². The Kier molecular flexibility index (Phi) is 5.32. The van der Waals surface area contributed by atoms with E-state index in [1.54, 1.807) is 0 Å². The van der Waals surface area contributed by atoms with Gasteiger partial charge in [-0.15, -0.1) is 0 Å². The molecule has 0 radical (unpaired) electrons.